The van der Waals surface area contributed by atoms with Crippen LogP contribution < -0.4 is 10.9 Å². The molecule has 0 radical (unpaired) electrons. The molecule has 3 aromatic carbocycles. The van der Waals surface area contributed by atoms with Crippen LogP contribution in [0.4, 0.5) is 0 Å². The van der Waals surface area contributed by atoms with Crippen LogP contribution in [0.2, 0.25) is 0 Å². The molecule has 0 unspecified atom stereocenters. The van der Waals surface area contributed by atoms with Gasteiger partial charge in [-0.05, 0) is 63.3 Å². The maximum Gasteiger partial charge on any atom is 0.107 e. The van der Waals surface area contributed by atoms with Gasteiger partial charge in [0, 0.05) is 5.70 Å². The van der Waals surface area contributed by atoms with Gasteiger partial charge in [-0.2, -0.15) is 0 Å². The topological polar surface area (TPSA) is 24.1 Å². The maximum absolute atomic E-state index is 3.62. The van der Waals surface area contributed by atoms with Crippen LogP contribution in [-0.2, 0) is 5.54 Å². The molecule has 0 bridgehead atoms. The molecule has 4 rings (SSSR count). The minimum Gasteiger partial charge on any atom is -0.320 e. The fraction of sp³-hybridized carbons (Fsp3) is 0.312. The highest BCUT2D eigenvalue weighted by Crippen LogP contribution is 2.36. The lowest BCUT2D eigenvalue weighted by molar-refractivity contribution is 0.483. The van der Waals surface area contributed by atoms with Gasteiger partial charge in [-0.25, -0.2) is 5.43 Å². The van der Waals surface area contributed by atoms with Gasteiger partial charge in [0.2, 0.25) is 0 Å². The molecule has 0 aromatic heterocycles. The van der Waals surface area contributed by atoms with Crippen molar-refractivity contribution in [3.63, 3.8) is 0 Å². The Bertz CT molecular complexity index is 1090. The Morgan fingerprint density at radius 1 is 0.559 bits per heavy atom. The van der Waals surface area contributed by atoms with Crippen molar-refractivity contribution in [3.05, 3.63) is 124 Å². The fourth-order valence-electron chi connectivity index (χ4n) is 4.48. The van der Waals surface area contributed by atoms with Crippen molar-refractivity contribution in [2.75, 3.05) is 0 Å². The zero-order valence-corrected chi connectivity index (χ0v) is 21.4. The Hall–Kier alpha value is -3.10. The number of hydrazine groups is 1. The third-order valence-corrected chi connectivity index (χ3v) is 6.90. The quantitative estimate of drug-likeness (QED) is 0.381. The van der Waals surface area contributed by atoms with Gasteiger partial charge in [-0.3, -0.25) is 0 Å². The summed E-state index contributed by atoms with van der Waals surface area (Å²) in [6.07, 6.45) is 6.63. The van der Waals surface area contributed by atoms with E-state index in [1.807, 2.05) is 0 Å². The minimum absolute atomic E-state index is 0.424. The lowest BCUT2D eigenvalue weighted by Crippen LogP contribution is -2.43. The van der Waals surface area contributed by atoms with E-state index in [1.165, 1.54) is 33.4 Å². The maximum atomic E-state index is 3.62. The highest BCUT2D eigenvalue weighted by atomic mass is 15.4. The molecular formula is C32H38N2. The average molecular weight is 451 g/mol. The van der Waals surface area contributed by atoms with E-state index in [1.54, 1.807) is 0 Å². The molecule has 0 saturated carbocycles. The summed E-state index contributed by atoms with van der Waals surface area (Å²) in [5.41, 5.74) is 15.4. The molecule has 0 saturated heterocycles. The van der Waals surface area contributed by atoms with Crippen molar-refractivity contribution in [3.8, 4) is 0 Å². The zero-order valence-electron chi connectivity index (χ0n) is 21.4. The standard InChI is InChI=1S/C32H38N2/c1-22(2)26-10-7-25(8-11-26)9-20-31-21-32(34-33-31,29-16-12-27(13-17-29)23(3)4)30-18-14-28(15-19-30)24(5)6/h7-24,33-34H,1-6H3. The van der Waals surface area contributed by atoms with Crippen molar-refractivity contribution < 1.29 is 0 Å². The van der Waals surface area contributed by atoms with E-state index in [-0.39, 0.29) is 0 Å². The second-order valence-corrected chi connectivity index (χ2v) is 10.4. The third-order valence-electron chi connectivity index (χ3n) is 6.90. The molecule has 0 spiro atoms. The van der Waals surface area contributed by atoms with Crippen LogP contribution in [0.3, 0.4) is 0 Å². The Morgan fingerprint density at radius 3 is 1.38 bits per heavy atom. The number of nitrogens with one attached hydrogen (secondary N) is 2. The molecule has 176 valence electrons. The van der Waals surface area contributed by atoms with Gasteiger partial charge < -0.3 is 5.43 Å². The lowest BCUT2D eigenvalue weighted by Gasteiger charge is -2.29. The summed E-state index contributed by atoms with van der Waals surface area (Å²) in [6, 6.07) is 26.9. The third kappa shape index (κ3) is 5.03. The molecule has 1 heterocycles. The van der Waals surface area contributed by atoms with Crippen molar-refractivity contribution in [1.29, 1.82) is 0 Å². The number of rotatable bonds is 7. The van der Waals surface area contributed by atoms with Crippen molar-refractivity contribution in [1.82, 2.24) is 10.9 Å². The van der Waals surface area contributed by atoms with Crippen molar-refractivity contribution >= 4 is 6.08 Å². The lowest BCUT2D eigenvalue weighted by atomic mass is 9.82. The van der Waals surface area contributed by atoms with Gasteiger partial charge in [0.25, 0.3) is 0 Å². The Morgan fingerprint density at radius 2 is 0.971 bits per heavy atom. The van der Waals surface area contributed by atoms with Crippen LogP contribution in [0.15, 0.2) is 90.6 Å². The van der Waals surface area contributed by atoms with Crippen LogP contribution >= 0.6 is 0 Å². The first-order chi connectivity index (χ1) is 16.3. The first kappa shape index (κ1) is 24.0. The molecule has 1 aliphatic heterocycles. The van der Waals surface area contributed by atoms with Crippen LogP contribution in [0.5, 0.6) is 0 Å². The molecule has 2 nitrogen and oxygen atoms in total. The summed E-state index contributed by atoms with van der Waals surface area (Å²) >= 11 is 0. The predicted molar refractivity (Wildman–Crippen MR) is 146 cm³/mol. The van der Waals surface area contributed by atoms with E-state index in [2.05, 4.69) is 143 Å². The van der Waals surface area contributed by atoms with Gasteiger partial charge in [-0.15, -0.1) is 0 Å². The van der Waals surface area contributed by atoms with Gasteiger partial charge in [-0.1, -0.05) is 120 Å². The van der Waals surface area contributed by atoms with Crippen LogP contribution in [0.1, 0.15) is 92.7 Å². The first-order valence-corrected chi connectivity index (χ1v) is 12.5. The Balaban J connectivity index is 1.69. The van der Waals surface area contributed by atoms with Crippen molar-refractivity contribution in [2.45, 2.75) is 64.8 Å². The molecule has 0 fully saturated rings. The summed E-state index contributed by atoms with van der Waals surface area (Å²) in [4.78, 5) is 0. The van der Waals surface area contributed by atoms with Crippen molar-refractivity contribution in [2.24, 2.45) is 0 Å². The van der Waals surface area contributed by atoms with Gasteiger partial charge >= 0.3 is 0 Å². The normalized spacial score (nSPS) is 15.4. The Kier molecular flexibility index (Phi) is 7.09. The zero-order chi connectivity index (χ0) is 24.3. The molecule has 3 aromatic rings. The predicted octanol–water partition coefficient (Wildman–Crippen LogP) is 8.01. The Labute approximate surface area is 205 Å². The summed E-state index contributed by atoms with van der Waals surface area (Å²) in [7, 11) is 0. The average Bonchev–Trinajstić information content (AvgIpc) is 3.28. The highest BCUT2D eigenvalue weighted by Gasteiger charge is 2.36. The highest BCUT2D eigenvalue weighted by molar-refractivity contribution is 5.56. The number of allylic oxidation sites excluding steroid dienone is 1. The molecule has 2 N–H and O–H groups in total. The largest absolute Gasteiger partial charge is 0.320 e. The molecule has 0 atom stereocenters. The molecule has 0 aliphatic carbocycles. The van der Waals surface area contributed by atoms with Gasteiger partial charge in [0.15, 0.2) is 0 Å². The molecule has 34 heavy (non-hydrogen) atoms. The van der Waals surface area contributed by atoms with E-state index < -0.39 is 5.54 Å². The van der Waals surface area contributed by atoms with Gasteiger partial charge in [0.1, 0.15) is 5.54 Å². The van der Waals surface area contributed by atoms with Crippen LogP contribution in [-0.4, -0.2) is 0 Å². The molecule has 2 heteroatoms. The van der Waals surface area contributed by atoms with E-state index in [4.69, 9.17) is 0 Å². The number of hydrogen-bond donors (Lipinski definition) is 2. The molecule has 1 aliphatic rings. The summed E-state index contributed by atoms with van der Waals surface area (Å²) in [5, 5.41) is 0. The SMILES string of the molecule is CC(C)c1ccc(C=CC2=CC(c3ccc(C(C)C)cc3)(c3ccc(C(C)C)cc3)NN2)cc1. The van der Waals surface area contributed by atoms with E-state index in [9.17, 15) is 0 Å². The first-order valence-electron chi connectivity index (χ1n) is 12.5. The van der Waals surface area contributed by atoms with Crippen LogP contribution in [0.25, 0.3) is 6.08 Å². The van der Waals surface area contributed by atoms with Gasteiger partial charge in [0.05, 0.1) is 0 Å². The summed E-state index contributed by atoms with van der Waals surface area (Å²) < 4.78 is 0. The summed E-state index contributed by atoms with van der Waals surface area (Å²) in [6.45, 7) is 13.4. The fourth-order valence-corrected chi connectivity index (χ4v) is 4.48. The minimum atomic E-state index is -0.424. The smallest absolute Gasteiger partial charge is 0.107 e. The van der Waals surface area contributed by atoms with E-state index >= 15 is 0 Å². The van der Waals surface area contributed by atoms with E-state index in [0.29, 0.717) is 17.8 Å². The molecular weight excluding hydrogens is 412 g/mol. The second-order valence-electron chi connectivity index (χ2n) is 10.4. The van der Waals surface area contributed by atoms with Crippen LogP contribution in [0, 0.1) is 0 Å². The molecule has 0 amide bonds. The number of benzene rings is 3. The monoisotopic (exact) mass is 450 g/mol. The van der Waals surface area contributed by atoms with E-state index in [0.717, 1.165) is 5.70 Å². The number of hydrogen-bond acceptors (Lipinski definition) is 2. The second kappa shape index (κ2) is 10.0. The summed E-state index contributed by atoms with van der Waals surface area (Å²) in [5.74, 6) is 1.58.